The van der Waals surface area contributed by atoms with Crippen molar-refractivity contribution < 1.29 is 4.74 Å². The van der Waals surface area contributed by atoms with Crippen LogP contribution in [0.1, 0.15) is 19.3 Å². The van der Waals surface area contributed by atoms with Crippen molar-refractivity contribution in [1.82, 2.24) is 10.3 Å². The van der Waals surface area contributed by atoms with Crippen LogP contribution in [-0.2, 0) is 0 Å². The number of hydrogen-bond donors (Lipinski definition) is 1. The quantitative estimate of drug-likeness (QED) is 0.786. The average molecular weight is 192 g/mol. The number of rotatable bonds is 4. The number of nitrogens with one attached hydrogen (secondary N) is 1. The Morgan fingerprint density at radius 2 is 2.57 bits per heavy atom. The van der Waals surface area contributed by atoms with Gasteiger partial charge in [0.2, 0.25) is 0 Å². The molecule has 0 bridgehead atoms. The molecule has 1 aliphatic rings. The highest BCUT2D eigenvalue weighted by atomic mass is 16.5. The molecule has 1 aliphatic heterocycles. The van der Waals surface area contributed by atoms with Gasteiger partial charge in [-0.25, -0.2) is 0 Å². The first-order valence-electron chi connectivity index (χ1n) is 5.21. The molecule has 0 radical (unpaired) electrons. The van der Waals surface area contributed by atoms with Gasteiger partial charge in [-0.15, -0.1) is 0 Å². The van der Waals surface area contributed by atoms with E-state index in [2.05, 4.69) is 10.3 Å². The van der Waals surface area contributed by atoms with Gasteiger partial charge in [0.25, 0.3) is 0 Å². The number of aromatic nitrogens is 1. The molecule has 0 unspecified atom stereocenters. The molecule has 1 saturated heterocycles. The third-order valence-electron chi connectivity index (χ3n) is 2.53. The Morgan fingerprint density at radius 3 is 3.29 bits per heavy atom. The smallest absolute Gasteiger partial charge is 0.137 e. The van der Waals surface area contributed by atoms with Crippen molar-refractivity contribution >= 4 is 0 Å². The Hall–Kier alpha value is -1.09. The van der Waals surface area contributed by atoms with Crippen LogP contribution < -0.4 is 10.1 Å². The fraction of sp³-hybridized carbons (Fsp3) is 0.545. The Labute approximate surface area is 84.5 Å². The lowest BCUT2D eigenvalue weighted by Crippen LogP contribution is -2.23. The summed E-state index contributed by atoms with van der Waals surface area (Å²) in [5.41, 5.74) is 0. The van der Waals surface area contributed by atoms with Gasteiger partial charge in [-0.05, 0) is 37.9 Å². The SMILES string of the molecule is c1cncc(OCC[C@@H]2CCCN2)c1. The first-order valence-corrected chi connectivity index (χ1v) is 5.21. The zero-order valence-corrected chi connectivity index (χ0v) is 8.28. The molecule has 76 valence electrons. The summed E-state index contributed by atoms with van der Waals surface area (Å²) < 4.78 is 5.57. The summed E-state index contributed by atoms with van der Waals surface area (Å²) in [6, 6.07) is 4.49. The molecule has 0 saturated carbocycles. The van der Waals surface area contributed by atoms with Crippen LogP contribution in [0.4, 0.5) is 0 Å². The molecule has 14 heavy (non-hydrogen) atoms. The van der Waals surface area contributed by atoms with Gasteiger partial charge in [0.15, 0.2) is 0 Å². The molecule has 1 N–H and O–H groups in total. The molecule has 2 rings (SSSR count). The topological polar surface area (TPSA) is 34.1 Å². The summed E-state index contributed by atoms with van der Waals surface area (Å²) in [6.07, 6.45) is 7.19. The first-order chi connectivity index (χ1) is 6.95. The first kappa shape index (κ1) is 9.46. The number of nitrogens with zero attached hydrogens (tertiary/aromatic N) is 1. The summed E-state index contributed by atoms with van der Waals surface area (Å²) in [5.74, 6) is 0.866. The van der Waals surface area contributed by atoms with Crippen molar-refractivity contribution in [2.24, 2.45) is 0 Å². The van der Waals surface area contributed by atoms with Crippen molar-refractivity contribution in [3.8, 4) is 5.75 Å². The maximum absolute atomic E-state index is 5.57. The van der Waals surface area contributed by atoms with Crippen LogP contribution in [0.25, 0.3) is 0 Å². The molecule has 3 heteroatoms. The van der Waals surface area contributed by atoms with Crippen LogP contribution >= 0.6 is 0 Å². The van der Waals surface area contributed by atoms with Gasteiger partial charge in [-0.2, -0.15) is 0 Å². The Bertz CT molecular complexity index is 257. The van der Waals surface area contributed by atoms with Gasteiger partial charge in [0, 0.05) is 12.2 Å². The summed E-state index contributed by atoms with van der Waals surface area (Å²) in [5, 5.41) is 3.45. The lowest BCUT2D eigenvalue weighted by molar-refractivity contribution is 0.291. The molecule has 1 fully saturated rings. The van der Waals surface area contributed by atoms with Crippen molar-refractivity contribution in [1.29, 1.82) is 0 Å². The highest BCUT2D eigenvalue weighted by Crippen LogP contribution is 2.11. The summed E-state index contributed by atoms with van der Waals surface area (Å²) >= 11 is 0. The van der Waals surface area contributed by atoms with Crippen molar-refractivity contribution in [3.63, 3.8) is 0 Å². The van der Waals surface area contributed by atoms with Gasteiger partial charge < -0.3 is 10.1 Å². The lowest BCUT2D eigenvalue weighted by Gasteiger charge is -2.10. The minimum absolute atomic E-state index is 0.659. The normalized spacial score (nSPS) is 21.0. The van der Waals surface area contributed by atoms with Gasteiger partial charge in [-0.1, -0.05) is 0 Å². The number of ether oxygens (including phenoxy) is 1. The van der Waals surface area contributed by atoms with Crippen LogP contribution in [-0.4, -0.2) is 24.2 Å². The van der Waals surface area contributed by atoms with Gasteiger partial charge >= 0.3 is 0 Å². The van der Waals surface area contributed by atoms with E-state index in [1.807, 2.05) is 12.1 Å². The second-order valence-corrected chi connectivity index (χ2v) is 3.62. The van der Waals surface area contributed by atoms with E-state index in [4.69, 9.17) is 4.74 Å². The van der Waals surface area contributed by atoms with Crippen LogP contribution in [0.3, 0.4) is 0 Å². The highest BCUT2D eigenvalue weighted by Gasteiger charge is 2.13. The van der Waals surface area contributed by atoms with E-state index in [-0.39, 0.29) is 0 Å². The number of hydrogen-bond acceptors (Lipinski definition) is 3. The average Bonchev–Trinajstić information content (AvgIpc) is 2.72. The van der Waals surface area contributed by atoms with Gasteiger partial charge in [-0.3, -0.25) is 4.98 Å². The minimum atomic E-state index is 0.659. The summed E-state index contributed by atoms with van der Waals surface area (Å²) in [7, 11) is 0. The molecular formula is C11H16N2O. The monoisotopic (exact) mass is 192 g/mol. The maximum Gasteiger partial charge on any atom is 0.137 e. The predicted octanol–water partition coefficient (Wildman–Crippen LogP) is 1.60. The largest absolute Gasteiger partial charge is 0.492 e. The minimum Gasteiger partial charge on any atom is -0.492 e. The molecule has 0 aliphatic carbocycles. The fourth-order valence-electron chi connectivity index (χ4n) is 1.75. The van der Waals surface area contributed by atoms with Crippen molar-refractivity contribution in [3.05, 3.63) is 24.5 Å². The van der Waals surface area contributed by atoms with E-state index in [0.717, 1.165) is 25.3 Å². The third kappa shape index (κ3) is 2.70. The maximum atomic E-state index is 5.57. The molecule has 0 amide bonds. The van der Waals surface area contributed by atoms with E-state index >= 15 is 0 Å². The standard InChI is InChI=1S/C11H16N2O/c1-3-10(13-7-1)5-8-14-11-4-2-6-12-9-11/h2,4,6,9-10,13H,1,3,5,7-8H2/t10-/m0/s1. The van der Waals surface area contributed by atoms with Crippen molar-refractivity contribution in [2.45, 2.75) is 25.3 Å². The molecule has 1 aromatic rings. The molecule has 0 spiro atoms. The zero-order valence-electron chi connectivity index (χ0n) is 8.28. The number of pyridine rings is 1. The Kier molecular flexibility index (Phi) is 3.35. The molecule has 2 heterocycles. The molecule has 1 aromatic heterocycles. The van der Waals surface area contributed by atoms with Gasteiger partial charge in [0.1, 0.15) is 5.75 Å². The lowest BCUT2D eigenvalue weighted by atomic mass is 10.2. The highest BCUT2D eigenvalue weighted by molar-refractivity contribution is 5.15. The molecule has 1 atom stereocenters. The van der Waals surface area contributed by atoms with E-state index in [9.17, 15) is 0 Å². The molecule has 0 aromatic carbocycles. The van der Waals surface area contributed by atoms with Crippen LogP contribution in [0.5, 0.6) is 5.75 Å². The Balaban J connectivity index is 1.67. The summed E-state index contributed by atoms with van der Waals surface area (Å²) in [6.45, 7) is 1.95. The van der Waals surface area contributed by atoms with E-state index in [1.165, 1.54) is 12.8 Å². The predicted molar refractivity (Wildman–Crippen MR) is 55.4 cm³/mol. The zero-order chi connectivity index (χ0) is 9.64. The fourth-order valence-corrected chi connectivity index (χ4v) is 1.75. The summed E-state index contributed by atoms with van der Waals surface area (Å²) in [4.78, 5) is 3.99. The molecular weight excluding hydrogens is 176 g/mol. The van der Waals surface area contributed by atoms with Gasteiger partial charge in [0.05, 0.1) is 12.8 Å². The van der Waals surface area contributed by atoms with E-state index < -0.39 is 0 Å². The molecule has 3 nitrogen and oxygen atoms in total. The Morgan fingerprint density at radius 1 is 1.57 bits per heavy atom. The van der Waals surface area contributed by atoms with Crippen LogP contribution in [0, 0.1) is 0 Å². The van der Waals surface area contributed by atoms with Crippen LogP contribution in [0.15, 0.2) is 24.5 Å². The third-order valence-corrected chi connectivity index (χ3v) is 2.53. The van der Waals surface area contributed by atoms with Crippen molar-refractivity contribution in [2.75, 3.05) is 13.2 Å². The van der Waals surface area contributed by atoms with Crippen LogP contribution in [0.2, 0.25) is 0 Å². The second-order valence-electron chi connectivity index (χ2n) is 3.62. The van der Waals surface area contributed by atoms with E-state index in [1.54, 1.807) is 12.4 Å². The second kappa shape index (κ2) is 4.96. The van der Waals surface area contributed by atoms with E-state index in [0.29, 0.717) is 6.04 Å².